The highest BCUT2D eigenvalue weighted by atomic mass is 16.2. The highest BCUT2D eigenvalue weighted by Crippen LogP contribution is 1.78. The molecule has 0 rings (SSSR count). The minimum absolute atomic E-state index is 0. The van der Waals surface area contributed by atoms with Gasteiger partial charge in [0.2, 0.25) is 0 Å². The van der Waals surface area contributed by atoms with Crippen molar-refractivity contribution in [2.24, 2.45) is 0 Å². The SMILES string of the molecule is CCCCO.[B]. The van der Waals surface area contributed by atoms with Gasteiger partial charge in [0.1, 0.15) is 0 Å². The predicted octanol–water partition coefficient (Wildman–Crippen LogP) is 0.398. The Morgan fingerprint density at radius 1 is 1.50 bits per heavy atom. The second-order valence-corrected chi connectivity index (χ2v) is 1.08. The zero-order chi connectivity index (χ0) is 4.12. The first-order valence-electron chi connectivity index (χ1n) is 2.02. The maximum Gasteiger partial charge on any atom is 0.0430 e. The molecule has 0 aromatic rings. The Morgan fingerprint density at radius 2 is 2.00 bits per heavy atom. The molecule has 0 aliphatic rings. The summed E-state index contributed by atoms with van der Waals surface area (Å²) in [7, 11) is 0. The van der Waals surface area contributed by atoms with Crippen LogP contribution in [0.1, 0.15) is 19.8 Å². The largest absolute Gasteiger partial charge is 0.396 e. The van der Waals surface area contributed by atoms with Gasteiger partial charge in [-0.15, -0.1) is 0 Å². The fourth-order valence-electron chi connectivity index (χ4n) is 0.158. The molecule has 6 heavy (non-hydrogen) atoms. The van der Waals surface area contributed by atoms with Crippen LogP contribution in [-0.4, -0.2) is 20.1 Å². The number of aliphatic hydroxyl groups is 1. The first kappa shape index (κ1) is 9.39. The molecule has 0 aliphatic carbocycles. The first-order valence-corrected chi connectivity index (χ1v) is 2.02. The van der Waals surface area contributed by atoms with Crippen molar-refractivity contribution in [1.29, 1.82) is 0 Å². The molecule has 0 saturated carbocycles. The van der Waals surface area contributed by atoms with Gasteiger partial charge in [0.25, 0.3) is 0 Å². The lowest BCUT2D eigenvalue weighted by atomic mass is 10.4. The van der Waals surface area contributed by atoms with Crippen LogP contribution in [0.3, 0.4) is 0 Å². The molecule has 0 heterocycles. The minimum Gasteiger partial charge on any atom is -0.396 e. The van der Waals surface area contributed by atoms with Gasteiger partial charge in [0, 0.05) is 15.0 Å². The third-order valence-corrected chi connectivity index (χ3v) is 0.512. The molecule has 0 saturated heterocycles. The lowest BCUT2D eigenvalue weighted by Gasteiger charge is -1.79. The monoisotopic (exact) mass is 85.1 g/mol. The van der Waals surface area contributed by atoms with E-state index in [1.54, 1.807) is 0 Å². The Hall–Kier alpha value is 0.0249. The number of hydrogen-bond donors (Lipinski definition) is 1. The molecule has 2 heteroatoms. The van der Waals surface area contributed by atoms with E-state index in [1.165, 1.54) is 0 Å². The fraction of sp³-hybridized carbons (Fsp3) is 1.00. The summed E-state index contributed by atoms with van der Waals surface area (Å²) in [6.07, 6.45) is 2.04. The van der Waals surface area contributed by atoms with Crippen LogP contribution in [0.4, 0.5) is 0 Å². The summed E-state index contributed by atoms with van der Waals surface area (Å²) in [6.45, 7) is 2.40. The molecule has 0 amide bonds. The Balaban J connectivity index is 0. The van der Waals surface area contributed by atoms with Crippen LogP contribution in [0.5, 0.6) is 0 Å². The molecule has 0 unspecified atom stereocenters. The van der Waals surface area contributed by atoms with E-state index in [-0.39, 0.29) is 8.41 Å². The van der Waals surface area contributed by atoms with E-state index in [0.717, 1.165) is 12.8 Å². The van der Waals surface area contributed by atoms with Gasteiger partial charge in [-0.2, -0.15) is 0 Å². The Bertz CT molecular complexity index is 15.0. The summed E-state index contributed by atoms with van der Waals surface area (Å²) in [5, 5.41) is 8.07. The van der Waals surface area contributed by atoms with Crippen molar-refractivity contribution in [3.8, 4) is 0 Å². The third kappa shape index (κ3) is 8.98. The second-order valence-electron chi connectivity index (χ2n) is 1.08. The van der Waals surface area contributed by atoms with Crippen molar-refractivity contribution < 1.29 is 5.11 Å². The third-order valence-electron chi connectivity index (χ3n) is 0.512. The number of rotatable bonds is 2. The van der Waals surface area contributed by atoms with E-state index in [4.69, 9.17) is 5.11 Å². The highest BCUT2D eigenvalue weighted by Gasteiger charge is 1.69. The zero-order valence-corrected chi connectivity index (χ0v) is 4.15. The van der Waals surface area contributed by atoms with Crippen molar-refractivity contribution in [3.63, 3.8) is 0 Å². The van der Waals surface area contributed by atoms with Gasteiger partial charge in [0.15, 0.2) is 0 Å². The van der Waals surface area contributed by atoms with Crippen molar-refractivity contribution in [2.75, 3.05) is 6.61 Å². The summed E-state index contributed by atoms with van der Waals surface area (Å²) in [4.78, 5) is 0. The van der Waals surface area contributed by atoms with E-state index >= 15 is 0 Å². The van der Waals surface area contributed by atoms with E-state index in [0.29, 0.717) is 6.61 Å². The van der Waals surface area contributed by atoms with E-state index in [1.807, 2.05) is 0 Å². The molecule has 35 valence electrons. The molecule has 1 nitrogen and oxygen atoms in total. The molecular weight excluding hydrogens is 74.9 g/mol. The van der Waals surface area contributed by atoms with Gasteiger partial charge in [-0.25, -0.2) is 0 Å². The number of aliphatic hydroxyl groups excluding tert-OH is 1. The van der Waals surface area contributed by atoms with Crippen LogP contribution in [0, 0.1) is 0 Å². The highest BCUT2D eigenvalue weighted by molar-refractivity contribution is 5.75. The van der Waals surface area contributed by atoms with Crippen molar-refractivity contribution in [1.82, 2.24) is 0 Å². The molecule has 0 aliphatic heterocycles. The van der Waals surface area contributed by atoms with E-state index in [2.05, 4.69) is 6.92 Å². The quantitative estimate of drug-likeness (QED) is 0.481. The molecule has 1 N–H and O–H groups in total. The van der Waals surface area contributed by atoms with Crippen molar-refractivity contribution >= 4 is 8.41 Å². The summed E-state index contributed by atoms with van der Waals surface area (Å²) in [6, 6.07) is 0. The van der Waals surface area contributed by atoms with Gasteiger partial charge in [-0.1, -0.05) is 13.3 Å². The lowest BCUT2D eigenvalue weighted by molar-refractivity contribution is 0.287. The molecular formula is C4H10BO. The number of hydrogen-bond acceptors (Lipinski definition) is 1. The smallest absolute Gasteiger partial charge is 0.0430 e. The maximum absolute atomic E-state index is 8.07. The normalized spacial score (nSPS) is 7.00. The summed E-state index contributed by atoms with van der Waals surface area (Å²) in [5.41, 5.74) is 0. The fourth-order valence-corrected chi connectivity index (χ4v) is 0.158. The first-order chi connectivity index (χ1) is 2.41. The van der Waals surface area contributed by atoms with Gasteiger partial charge in [-0.3, -0.25) is 0 Å². The van der Waals surface area contributed by atoms with Crippen LogP contribution in [0.15, 0.2) is 0 Å². The van der Waals surface area contributed by atoms with Crippen LogP contribution >= 0.6 is 0 Å². The maximum atomic E-state index is 8.07. The molecule has 0 bridgehead atoms. The van der Waals surface area contributed by atoms with Gasteiger partial charge >= 0.3 is 0 Å². The van der Waals surface area contributed by atoms with Gasteiger partial charge in [0.05, 0.1) is 0 Å². The van der Waals surface area contributed by atoms with E-state index in [9.17, 15) is 0 Å². The van der Waals surface area contributed by atoms with Crippen LogP contribution in [0.2, 0.25) is 0 Å². The summed E-state index contributed by atoms with van der Waals surface area (Å²) < 4.78 is 0. The zero-order valence-electron chi connectivity index (χ0n) is 4.15. The topological polar surface area (TPSA) is 20.2 Å². The average molecular weight is 84.9 g/mol. The average Bonchev–Trinajstić information content (AvgIpc) is 1.41. The van der Waals surface area contributed by atoms with Crippen LogP contribution < -0.4 is 0 Å². The Kier molecular flexibility index (Phi) is 13.9. The van der Waals surface area contributed by atoms with E-state index < -0.39 is 0 Å². The molecule has 0 aromatic heterocycles. The molecule has 0 atom stereocenters. The van der Waals surface area contributed by atoms with Gasteiger partial charge in [-0.05, 0) is 6.42 Å². The Morgan fingerprint density at radius 3 is 2.00 bits per heavy atom. The lowest BCUT2D eigenvalue weighted by Crippen LogP contribution is -1.75. The number of unbranched alkanes of at least 4 members (excludes halogenated alkanes) is 1. The predicted molar refractivity (Wildman–Crippen MR) is 27.7 cm³/mol. The van der Waals surface area contributed by atoms with Crippen LogP contribution in [0.25, 0.3) is 0 Å². The molecule has 3 radical (unpaired) electrons. The summed E-state index contributed by atoms with van der Waals surface area (Å²) >= 11 is 0. The molecule has 0 fully saturated rings. The molecule has 0 aromatic carbocycles. The second kappa shape index (κ2) is 8.90. The van der Waals surface area contributed by atoms with Crippen LogP contribution in [-0.2, 0) is 0 Å². The Labute approximate surface area is 41.0 Å². The van der Waals surface area contributed by atoms with Crippen molar-refractivity contribution in [3.05, 3.63) is 0 Å². The van der Waals surface area contributed by atoms with Crippen molar-refractivity contribution in [2.45, 2.75) is 19.8 Å². The van der Waals surface area contributed by atoms with Gasteiger partial charge < -0.3 is 5.11 Å². The minimum atomic E-state index is 0. The standard InChI is InChI=1S/C4H10O.B/c1-2-3-4-5;/h5H,2-4H2,1H3;. The molecule has 0 spiro atoms. The summed E-state index contributed by atoms with van der Waals surface area (Å²) in [5.74, 6) is 0.